The predicted octanol–water partition coefficient (Wildman–Crippen LogP) is 1.79. The zero-order chi connectivity index (χ0) is 17.1. The molecule has 5 nitrogen and oxygen atoms in total. The fourth-order valence-electron chi connectivity index (χ4n) is 3.26. The lowest BCUT2D eigenvalue weighted by molar-refractivity contribution is -0.139. The molecule has 1 aromatic rings. The number of rotatable bonds is 4. The van der Waals surface area contributed by atoms with E-state index in [1.165, 1.54) is 16.0 Å². The number of nitrogens with zero attached hydrogens (tertiary/aromatic N) is 2. The molecular weight excluding hydrogens is 322 g/mol. The quantitative estimate of drug-likeness (QED) is 0.845. The number of carbonyl (C=O) groups is 2. The first-order valence-electron chi connectivity index (χ1n) is 8.52. The molecule has 3 heterocycles. The number of hydrogen-bond acceptors (Lipinski definition) is 4. The lowest BCUT2D eigenvalue weighted by Gasteiger charge is -2.36. The standard InChI is InChI=1S/C18H25N3O2S/c1-13(2)3-7-20-9-6-19-18(23)15(20)11-17(22)21-8-4-16-14(12-21)5-10-24-16/h3,5,10,15H,4,6-9,11-12H2,1-2H3,(H,19,23)/t15-/m1/s1. The van der Waals surface area contributed by atoms with Gasteiger partial charge in [0.15, 0.2) is 0 Å². The van der Waals surface area contributed by atoms with E-state index >= 15 is 0 Å². The van der Waals surface area contributed by atoms with Crippen molar-refractivity contribution in [3.05, 3.63) is 33.5 Å². The smallest absolute Gasteiger partial charge is 0.237 e. The maximum Gasteiger partial charge on any atom is 0.237 e. The highest BCUT2D eigenvalue weighted by Crippen LogP contribution is 2.25. The Kier molecular flexibility index (Phi) is 5.36. The molecule has 0 spiro atoms. The van der Waals surface area contributed by atoms with Gasteiger partial charge >= 0.3 is 0 Å². The lowest BCUT2D eigenvalue weighted by atomic mass is 10.0. The molecule has 6 heteroatoms. The van der Waals surface area contributed by atoms with Gasteiger partial charge in [0, 0.05) is 37.6 Å². The molecule has 2 aliphatic heterocycles. The van der Waals surface area contributed by atoms with Crippen LogP contribution in [0, 0.1) is 0 Å². The largest absolute Gasteiger partial charge is 0.353 e. The van der Waals surface area contributed by atoms with E-state index in [1.807, 2.05) is 4.90 Å². The summed E-state index contributed by atoms with van der Waals surface area (Å²) < 4.78 is 0. The Bertz CT molecular complexity index is 648. The Labute approximate surface area is 147 Å². The first-order valence-corrected chi connectivity index (χ1v) is 9.40. The Hall–Kier alpha value is -1.66. The van der Waals surface area contributed by atoms with Gasteiger partial charge in [-0.25, -0.2) is 0 Å². The number of amides is 2. The Balaban J connectivity index is 1.64. The highest BCUT2D eigenvalue weighted by molar-refractivity contribution is 7.10. The van der Waals surface area contributed by atoms with Gasteiger partial charge in [0.05, 0.1) is 12.5 Å². The fraction of sp³-hybridized carbons (Fsp3) is 0.556. The van der Waals surface area contributed by atoms with E-state index in [9.17, 15) is 9.59 Å². The summed E-state index contributed by atoms with van der Waals surface area (Å²) >= 11 is 1.77. The van der Waals surface area contributed by atoms with Crippen LogP contribution in [0.25, 0.3) is 0 Å². The summed E-state index contributed by atoms with van der Waals surface area (Å²) in [5.41, 5.74) is 2.49. The third-order valence-corrected chi connectivity index (χ3v) is 5.73. The molecule has 1 aromatic heterocycles. The summed E-state index contributed by atoms with van der Waals surface area (Å²) in [5, 5.41) is 4.99. The minimum Gasteiger partial charge on any atom is -0.353 e. The van der Waals surface area contributed by atoms with Crippen LogP contribution < -0.4 is 5.32 Å². The van der Waals surface area contributed by atoms with E-state index in [1.54, 1.807) is 11.3 Å². The van der Waals surface area contributed by atoms with Crippen LogP contribution in [0.2, 0.25) is 0 Å². The molecule has 3 rings (SSSR count). The molecule has 0 aliphatic carbocycles. The Morgan fingerprint density at radius 1 is 1.42 bits per heavy atom. The van der Waals surface area contributed by atoms with E-state index in [2.05, 4.69) is 41.6 Å². The van der Waals surface area contributed by atoms with E-state index < -0.39 is 0 Å². The van der Waals surface area contributed by atoms with Crippen molar-refractivity contribution in [1.82, 2.24) is 15.1 Å². The second-order valence-corrected chi connectivity index (χ2v) is 7.72. The van der Waals surface area contributed by atoms with Crippen LogP contribution in [0.5, 0.6) is 0 Å². The summed E-state index contributed by atoms with van der Waals surface area (Å²) in [6, 6.07) is 1.75. The average Bonchev–Trinajstić information content (AvgIpc) is 3.02. The zero-order valence-electron chi connectivity index (χ0n) is 14.4. The van der Waals surface area contributed by atoms with Crippen LogP contribution in [0.1, 0.15) is 30.7 Å². The second-order valence-electron chi connectivity index (χ2n) is 6.72. The van der Waals surface area contributed by atoms with E-state index in [0.29, 0.717) is 13.1 Å². The topological polar surface area (TPSA) is 52.7 Å². The molecule has 130 valence electrons. The third kappa shape index (κ3) is 3.87. The van der Waals surface area contributed by atoms with Gasteiger partial charge in [0.25, 0.3) is 0 Å². The molecular formula is C18H25N3O2S. The predicted molar refractivity (Wildman–Crippen MR) is 95.9 cm³/mol. The van der Waals surface area contributed by atoms with Gasteiger partial charge in [0.1, 0.15) is 0 Å². The van der Waals surface area contributed by atoms with Gasteiger partial charge < -0.3 is 10.2 Å². The molecule has 0 saturated carbocycles. The van der Waals surface area contributed by atoms with Crippen LogP contribution in [0.15, 0.2) is 23.1 Å². The lowest BCUT2D eigenvalue weighted by Crippen LogP contribution is -2.56. The van der Waals surface area contributed by atoms with Crippen molar-refractivity contribution >= 4 is 23.2 Å². The molecule has 1 saturated heterocycles. The molecule has 24 heavy (non-hydrogen) atoms. The average molecular weight is 347 g/mol. The number of hydrogen-bond donors (Lipinski definition) is 1. The van der Waals surface area contributed by atoms with Crippen molar-refractivity contribution in [2.24, 2.45) is 0 Å². The summed E-state index contributed by atoms with van der Waals surface area (Å²) in [7, 11) is 0. The van der Waals surface area contributed by atoms with Gasteiger partial charge in [-0.3, -0.25) is 14.5 Å². The van der Waals surface area contributed by atoms with Crippen molar-refractivity contribution in [3.8, 4) is 0 Å². The van der Waals surface area contributed by atoms with Crippen molar-refractivity contribution in [3.63, 3.8) is 0 Å². The molecule has 1 N–H and O–H groups in total. The maximum atomic E-state index is 12.7. The highest BCUT2D eigenvalue weighted by Gasteiger charge is 2.33. The molecule has 0 bridgehead atoms. The summed E-state index contributed by atoms with van der Waals surface area (Å²) in [4.78, 5) is 30.4. The van der Waals surface area contributed by atoms with Crippen molar-refractivity contribution in [2.45, 2.75) is 39.3 Å². The van der Waals surface area contributed by atoms with Crippen molar-refractivity contribution < 1.29 is 9.59 Å². The molecule has 0 radical (unpaired) electrons. The molecule has 1 fully saturated rings. The Morgan fingerprint density at radius 3 is 3.04 bits per heavy atom. The van der Waals surface area contributed by atoms with E-state index in [-0.39, 0.29) is 24.3 Å². The normalized spacial score (nSPS) is 21.2. The minimum atomic E-state index is -0.356. The fourth-order valence-corrected chi connectivity index (χ4v) is 4.15. The number of piperazine rings is 1. The van der Waals surface area contributed by atoms with Gasteiger partial charge in [-0.05, 0) is 37.3 Å². The summed E-state index contributed by atoms with van der Waals surface area (Å²) in [5.74, 6) is 0.0566. The summed E-state index contributed by atoms with van der Waals surface area (Å²) in [6.45, 7) is 7.72. The highest BCUT2D eigenvalue weighted by atomic mass is 32.1. The summed E-state index contributed by atoms with van der Waals surface area (Å²) in [6.07, 6.45) is 3.31. The van der Waals surface area contributed by atoms with Gasteiger partial charge in [-0.2, -0.15) is 0 Å². The van der Waals surface area contributed by atoms with Gasteiger partial charge in [-0.1, -0.05) is 11.6 Å². The van der Waals surface area contributed by atoms with Crippen LogP contribution in [0.3, 0.4) is 0 Å². The third-order valence-electron chi connectivity index (χ3n) is 4.70. The van der Waals surface area contributed by atoms with Crippen LogP contribution >= 0.6 is 11.3 Å². The zero-order valence-corrected chi connectivity index (χ0v) is 15.2. The number of thiophene rings is 1. The molecule has 2 aliphatic rings. The van der Waals surface area contributed by atoms with Crippen molar-refractivity contribution in [2.75, 3.05) is 26.2 Å². The van der Waals surface area contributed by atoms with E-state index in [0.717, 1.165) is 26.1 Å². The first kappa shape index (κ1) is 17.2. The molecule has 2 amide bonds. The first-order chi connectivity index (χ1) is 11.5. The second kappa shape index (κ2) is 7.49. The Morgan fingerprint density at radius 2 is 2.25 bits per heavy atom. The SMILES string of the molecule is CC(C)=CCN1CCNC(=O)[C@H]1CC(=O)N1CCc2sccc2C1. The number of allylic oxidation sites excluding steroid dienone is 1. The number of carbonyl (C=O) groups excluding carboxylic acids is 2. The van der Waals surface area contributed by atoms with Crippen LogP contribution in [0.4, 0.5) is 0 Å². The molecule has 1 atom stereocenters. The molecule has 0 unspecified atom stereocenters. The minimum absolute atomic E-state index is 0.0232. The van der Waals surface area contributed by atoms with Gasteiger partial charge in [-0.15, -0.1) is 11.3 Å². The number of fused-ring (bicyclic) bond motifs is 1. The maximum absolute atomic E-state index is 12.7. The van der Waals surface area contributed by atoms with Crippen LogP contribution in [-0.2, 0) is 22.6 Å². The van der Waals surface area contributed by atoms with Crippen molar-refractivity contribution in [1.29, 1.82) is 0 Å². The number of nitrogens with one attached hydrogen (secondary N) is 1. The van der Waals surface area contributed by atoms with Crippen LogP contribution in [-0.4, -0.2) is 53.8 Å². The van der Waals surface area contributed by atoms with E-state index in [4.69, 9.17) is 0 Å². The monoisotopic (exact) mass is 347 g/mol. The molecule has 0 aromatic carbocycles. The van der Waals surface area contributed by atoms with Gasteiger partial charge in [0.2, 0.25) is 11.8 Å².